The van der Waals surface area contributed by atoms with Crippen molar-refractivity contribution in [1.82, 2.24) is 9.78 Å². The first-order chi connectivity index (χ1) is 7.22. The normalized spacial score (nSPS) is 12.1. The van der Waals surface area contributed by atoms with E-state index >= 15 is 0 Å². The Labute approximate surface area is 103 Å². The van der Waals surface area contributed by atoms with Crippen LogP contribution in [0.25, 0.3) is 0 Å². The van der Waals surface area contributed by atoms with E-state index in [1.165, 1.54) is 10.9 Å². The van der Waals surface area contributed by atoms with Crippen molar-refractivity contribution in [3.63, 3.8) is 0 Å². The Kier molecular flexibility index (Phi) is 3.90. The summed E-state index contributed by atoms with van der Waals surface area (Å²) in [4.78, 5) is 11.8. The number of rotatable bonds is 4. The zero-order chi connectivity index (χ0) is 12.5. The maximum atomic E-state index is 11.8. The molecule has 0 saturated carbocycles. The lowest BCUT2D eigenvalue weighted by atomic mass is 10.3. The number of sulfone groups is 1. The van der Waals surface area contributed by atoms with Gasteiger partial charge in [0.1, 0.15) is 11.4 Å². The lowest BCUT2D eigenvalue weighted by Gasteiger charge is -2.09. The molecule has 1 heterocycles. The molecule has 0 radical (unpaired) electrons. The lowest BCUT2D eigenvalue weighted by Crippen LogP contribution is -2.20. The fraction of sp³-hybridized carbons (Fsp3) is 0.556. The van der Waals surface area contributed by atoms with E-state index in [1.807, 2.05) is 13.8 Å². The number of aromatic nitrogens is 2. The highest BCUT2D eigenvalue weighted by Gasteiger charge is 2.21. The zero-order valence-corrected chi connectivity index (χ0v) is 11.7. The van der Waals surface area contributed by atoms with E-state index in [0.29, 0.717) is 10.2 Å². The molecule has 0 unspecified atom stereocenters. The van der Waals surface area contributed by atoms with Crippen molar-refractivity contribution in [2.24, 2.45) is 0 Å². The minimum Gasteiger partial charge on any atom is -0.291 e. The van der Waals surface area contributed by atoms with Gasteiger partial charge in [-0.1, -0.05) is 0 Å². The molecule has 0 aliphatic heterocycles. The summed E-state index contributed by atoms with van der Waals surface area (Å²) >= 11 is 3.19. The molecule has 1 rings (SSSR count). The predicted molar refractivity (Wildman–Crippen MR) is 64.4 cm³/mol. The fourth-order valence-corrected chi connectivity index (χ4v) is 2.41. The highest BCUT2D eigenvalue weighted by molar-refractivity contribution is 9.10. The summed E-state index contributed by atoms with van der Waals surface area (Å²) in [5.74, 6) is -0.940. The Morgan fingerprint density at radius 2 is 2.12 bits per heavy atom. The number of ketones is 1. The first kappa shape index (κ1) is 13.4. The molecule has 16 heavy (non-hydrogen) atoms. The van der Waals surface area contributed by atoms with Gasteiger partial charge in [0, 0.05) is 12.3 Å². The van der Waals surface area contributed by atoms with Crippen molar-refractivity contribution in [3.8, 4) is 0 Å². The molecule has 1 aromatic rings. The van der Waals surface area contributed by atoms with Gasteiger partial charge in [0.25, 0.3) is 0 Å². The lowest BCUT2D eigenvalue weighted by molar-refractivity contribution is 0.100. The van der Waals surface area contributed by atoms with Crippen LogP contribution in [0.5, 0.6) is 0 Å². The van der Waals surface area contributed by atoms with Gasteiger partial charge in [-0.25, -0.2) is 8.42 Å². The van der Waals surface area contributed by atoms with Crippen molar-refractivity contribution < 1.29 is 13.2 Å². The van der Waals surface area contributed by atoms with Gasteiger partial charge >= 0.3 is 0 Å². The topological polar surface area (TPSA) is 69.0 Å². The molecule has 0 spiro atoms. The predicted octanol–water partition coefficient (Wildman–Crippen LogP) is 1.45. The summed E-state index contributed by atoms with van der Waals surface area (Å²) in [6.45, 7) is 3.74. The minimum absolute atomic E-state index is 0.00445. The van der Waals surface area contributed by atoms with Gasteiger partial charge < -0.3 is 0 Å². The number of Topliss-reactive ketones (excluding diaryl/α,β-unsaturated/α-hetero) is 1. The quantitative estimate of drug-likeness (QED) is 0.790. The van der Waals surface area contributed by atoms with Gasteiger partial charge in [-0.3, -0.25) is 9.48 Å². The monoisotopic (exact) mass is 308 g/mol. The van der Waals surface area contributed by atoms with Crippen LogP contribution in [-0.2, 0) is 9.84 Å². The number of carbonyl (C=O) groups excluding carboxylic acids is 1. The van der Waals surface area contributed by atoms with Gasteiger partial charge in [0.15, 0.2) is 15.6 Å². The molecule has 0 aliphatic rings. The second-order valence-corrected chi connectivity index (χ2v) is 6.87. The van der Waals surface area contributed by atoms with Gasteiger partial charge in [-0.2, -0.15) is 5.10 Å². The van der Waals surface area contributed by atoms with Crippen molar-refractivity contribution in [2.75, 3.05) is 12.0 Å². The number of hydrogen-bond acceptors (Lipinski definition) is 4. The summed E-state index contributed by atoms with van der Waals surface area (Å²) in [5.41, 5.74) is 0.306. The molecule has 0 amide bonds. The van der Waals surface area contributed by atoms with Crippen molar-refractivity contribution >= 4 is 31.6 Å². The van der Waals surface area contributed by atoms with Crippen LogP contribution in [0.2, 0.25) is 0 Å². The first-order valence-corrected chi connectivity index (χ1v) is 7.51. The molecule has 7 heteroatoms. The number of hydrogen-bond donors (Lipinski definition) is 0. The fourth-order valence-electron chi connectivity index (χ4n) is 1.30. The Balaban J connectivity index is 3.13. The van der Waals surface area contributed by atoms with Crippen molar-refractivity contribution in [2.45, 2.75) is 19.9 Å². The standard InChI is InChI=1S/C9H13BrN2O3S/c1-6(2)12-9(7(10)4-11-12)8(13)5-16(3,14)15/h4,6H,5H2,1-3H3. The Morgan fingerprint density at radius 3 is 2.56 bits per heavy atom. The van der Waals surface area contributed by atoms with Crippen LogP contribution < -0.4 is 0 Å². The third-order valence-electron chi connectivity index (χ3n) is 1.90. The smallest absolute Gasteiger partial charge is 0.196 e. The van der Waals surface area contributed by atoms with E-state index in [0.717, 1.165) is 6.26 Å². The van der Waals surface area contributed by atoms with Gasteiger partial charge in [-0.15, -0.1) is 0 Å². The average Bonchev–Trinajstić information content (AvgIpc) is 2.43. The summed E-state index contributed by atoms with van der Waals surface area (Å²) in [5, 5.41) is 4.02. The summed E-state index contributed by atoms with van der Waals surface area (Å²) in [6.07, 6.45) is 2.53. The number of halogens is 1. The molecule has 0 N–H and O–H groups in total. The van der Waals surface area contributed by atoms with E-state index in [-0.39, 0.29) is 6.04 Å². The molecular formula is C9H13BrN2O3S. The van der Waals surface area contributed by atoms with Crippen LogP contribution in [0.1, 0.15) is 30.4 Å². The molecule has 0 bridgehead atoms. The van der Waals surface area contributed by atoms with Gasteiger partial charge in [-0.05, 0) is 29.8 Å². The summed E-state index contributed by atoms with van der Waals surface area (Å²) in [6, 6.07) is 0.00445. The van der Waals surface area contributed by atoms with E-state index in [1.54, 1.807) is 0 Å². The Hall–Kier alpha value is -0.690. The highest BCUT2D eigenvalue weighted by atomic mass is 79.9. The second-order valence-electron chi connectivity index (χ2n) is 3.87. The molecule has 90 valence electrons. The van der Waals surface area contributed by atoms with Crippen LogP contribution in [-0.4, -0.2) is 36.0 Å². The molecule has 0 aromatic carbocycles. The third-order valence-corrected chi connectivity index (χ3v) is 3.26. The van der Waals surface area contributed by atoms with E-state index < -0.39 is 21.4 Å². The maximum absolute atomic E-state index is 11.8. The molecule has 0 fully saturated rings. The Morgan fingerprint density at radius 1 is 1.56 bits per heavy atom. The average molecular weight is 309 g/mol. The van der Waals surface area contributed by atoms with Crippen molar-refractivity contribution in [3.05, 3.63) is 16.4 Å². The summed E-state index contributed by atoms with van der Waals surface area (Å²) in [7, 11) is -3.32. The Bertz CT molecular complexity index is 505. The van der Waals surface area contributed by atoms with E-state index in [2.05, 4.69) is 21.0 Å². The largest absolute Gasteiger partial charge is 0.291 e. The number of nitrogens with zero attached hydrogens (tertiary/aromatic N) is 2. The van der Waals surface area contributed by atoms with Crippen molar-refractivity contribution in [1.29, 1.82) is 0 Å². The molecule has 1 aromatic heterocycles. The van der Waals surface area contributed by atoms with E-state index in [4.69, 9.17) is 0 Å². The van der Waals surface area contributed by atoms with Crippen LogP contribution >= 0.6 is 15.9 Å². The molecular weight excluding hydrogens is 296 g/mol. The highest BCUT2D eigenvalue weighted by Crippen LogP contribution is 2.20. The first-order valence-electron chi connectivity index (χ1n) is 4.66. The molecule has 0 saturated heterocycles. The maximum Gasteiger partial charge on any atom is 0.196 e. The molecule has 0 aliphatic carbocycles. The SMILES string of the molecule is CC(C)n1ncc(Br)c1C(=O)CS(C)(=O)=O. The zero-order valence-electron chi connectivity index (χ0n) is 9.27. The van der Waals surface area contributed by atoms with Crippen LogP contribution in [0, 0.1) is 0 Å². The second kappa shape index (κ2) is 4.67. The van der Waals surface area contributed by atoms with Crippen LogP contribution in [0.15, 0.2) is 10.7 Å². The minimum atomic E-state index is -3.32. The molecule has 0 atom stereocenters. The van der Waals surface area contributed by atoms with Gasteiger partial charge in [0.2, 0.25) is 0 Å². The molecule has 5 nitrogen and oxygen atoms in total. The van der Waals surface area contributed by atoms with E-state index in [9.17, 15) is 13.2 Å². The number of carbonyl (C=O) groups is 1. The van der Waals surface area contributed by atoms with Crippen LogP contribution in [0.4, 0.5) is 0 Å². The third kappa shape index (κ3) is 3.15. The summed E-state index contributed by atoms with van der Waals surface area (Å²) < 4.78 is 24.2. The van der Waals surface area contributed by atoms with Crippen LogP contribution in [0.3, 0.4) is 0 Å². The van der Waals surface area contributed by atoms with Gasteiger partial charge in [0.05, 0.1) is 10.7 Å².